The summed E-state index contributed by atoms with van der Waals surface area (Å²) in [6.45, 7) is 3.42. The number of aromatic nitrogens is 2. The summed E-state index contributed by atoms with van der Waals surface area (Å²) in [5, 5.41) is 2.77. The Morgan fingerprint density at radius 2 is 2.04 bits per heavy atom. The summed E-state index contributed by atoms with van der Waals surface area (Å²) in [6.07, 6.45) is 1.12. The fourth-order valence-corrected chi connectivity index (χ4v) is 2.64. The smallest absolute Gasteiger partial charge is 0.410 e. The number of cyclic esters (lactones) is 1. The lowest BCUT2D eigenvalue weighted by molar-refractivity contribution is -0.116. The molecule has 10 nitrogen and oxygen atoms in total. The molecule has 0 radical (unpaired) electrons. The van der Waals surface area contributed by atoms with Gasteiger partial charge in [0, 0.05) is 27.2 Å². The van der Waals surface area contributed by atoms with Crippen LogP contribution < -0.4 is 15.1 Å². The molecule has 1 N–H and O–H groups in total. The van der Waals surface area contributed by atoms with Gasteiger partial charge in [0.05, 0.1) is 26.0 Å². The molecule has 2 amide bonds. The highest BCUT2D eigenvalue weighted by Crippen LogP contribution is 2.24. The molecule has 10 heteroatoms. The largest absolute Gasteiger partial charge is 0.448 e. The Bertz CT molecular complexity index is 647. The molecular formula is C15H22N6O4. The molecule has 2 aliphatic rings. The number of carbonyl (C=O) groups is 2. The first kappa shape index (κ1) is 17.2. The van der Waals surface area contributed by atoms with Crippen molar-refractivity contribution in [1.29, 1.82) is 0 Å². The molecule has 25 heavy (non-hydrogen) atoms. The number of amides is 2. The van der Waals surface area contributed by atoms with E-state index in [0.717, 1.165) is 13.1 Å². The summed E-state index contributed by atoms with van der Waals surface area (Å²) in [5.41, 5.74) is 0.500. The van der Waals surface area contributed by atoms with E-state index in [0.29, 0.717) is 43.8 Å². The van der Waals surface area contributed by atoms with Crippen LogP contribution >= 0.6 is 0 Å². The lowest BCUT2D eigenvalue weighted by Crippen LogP contribution is -2.37. The number of hydrogen-bond acceptors (Lipinski definition) is 8. The molecule has 0 aliphatic carbocycles. The van der Waals surface area contributed by atoms with E-state index in [4.69, 9.17) is 9.47 Å². The summed E-state index contributed by atoms with van der Waals surface area (Å²) in [7, 11) is 3.69. The van der Waals surface area contributed by atoms with E-state index in [2.05, 4.69) is 15.3 Å². The fraction of sp³-hybridized carbons (Fsp3) is 0.600. The van der Waals surface area contributed by atoms with E-state index in [9.17, 15) is 9.59 Å². The molecule has 1 aromatic heterocycles. The van der Waals surface area contributed by atoms with Crippen LogP contribution in [0, 0.1) is 0 Å². The highest BCUT2D eigenvalue weighted by molar-refractivity contribution is 5.96. The van der Waals surface area contributed by atoms with E-state index in [1.807, 2.05) is 23.9 Å². The van der Waals surface area contributed by atoms with E-state index in [1.165, 1.54) is 4.90 Å². The molecule has 0 bridgehead atoms. The third kappa shape index (κ3) is 4.08. The average molecular weight is 350 g/mol. The van der Waals surface area contributed by atoms with E-state index >= 15 is 0 Å². The molecule has 3 rings (SSSR count). The van der Waals surface area contributed by atoms with Crippen molar-refractivity contribution < 1.29 is 19.1 Å². The first-order valence-electron chi connectivity index (χ1n) is 8.13. The van der Waals surface area contributed by atoms with E-state index in [1.54, 1.807) is 6.20 Å². The second kappa shape index (κ2) is 7.51. The Kier molecular flexibility index (Phi) is 5.17. The molecule has 3 heterocycles. The Morgan fingerprint density at radius 1 is 1.28 bits per heavy atom. The summed E-state index contributed by atoms with van der Waals surface area (Å²) in [4.78, 5) is 37.8. The van der Waals surface area contributed by atoms with Crippen molar-refractivity contribution in [3.8, 4) is 0 Å². The third-order valence-corrected chi connectivity index (χ3v) is 3.93. The normalized spacial score (nSPS) is 17.4. The van der Waals surface area contributed by atoms with Gasteiger partial charge in [0.25, 0.3) is 0 Å². The summed E-state index contributed by atoms with van der Waals surface area (Å²) in [5.74, 6) is 0.895. The maximum atomic E-state index is 12.2. The number of nitrogens with zero attached hydrogens (tertiary/aromatic N) is 5. The summed E-state index contributed by atoms with van der Waals surface area (Å²) in [6, 6.07) is 0. The minimum Gasteiger partial charge on any atom is -0.448 e. The Labute approximate surface area is 145 Å². The van der Waals surface area contributed by atoms with Gasteiger partial charge in [0.2, 0.25) is 11.9 Å². The van der Waals surface area contributed by atoms with E-state index < -0.39 is 6.09 Å². The Morgan fingerprint density at radius 3 is 2.68 bits per heavy atom. The van der Waals surface area contributed by atoms with Crippen molar-refractivity contribution in [1.82, 2.24) is 14.9 Å². The van der Waals surface area contributed by atoms with Crippen molar-refractivity contribution in [3.05, 3.63) is 6.20 Å². The lowest BCUT2D eigenvalue weighted by atomic mass is 10.4. The van der Waals surface area contributed by atoms with Crippen LogP contribution in [0.5, 0.6) is 0 Å². The number of morpholine rings is 1. The molecule has 0 unspecified atom stereocenters. The fourth-order valence-electron chi connectivity index (χ4n) is 2.64. The molecule has 0 saturated carbocycles. The van der Waals surface area contributed by atoms with Crippen LogP contribution in [-0.2, 0) is 14.3 Å². The molecule has 0 atom stereocenters. The van der Waals surface area contributed by atoms with Gasteiger partial charge in [-0.2, -0.15) is 4.98 Å². The summed E-state index contributed by atoms with van der Waals surface area (Å²) < 4.78 is 10.2. The van der Waals surface area contributed by atoms with Gasteiger partial charge in [-0.05, 0) is 0 Å². The number of carbonyl (C=O) groups excluding carboxylic acids is 2. The lowest BCUT2D eigenvalue weighted by Gasteiger charge is -2.28. The topological polar surface area (TPSA) is 100 Å². The molecular weight excluding hydrogens is 328 g/mol. The van der Waals surface area contributed by atoms with Gasteiger partial charge < -0.3 is 24.6 Å². The van der Waals surface area contributed by atoms with Crippen molar-refractivity contribution >= 4 is 29.5 Å². The van der Waals surface area contributed by atoms with Crippen molar-refractivity contribution in [2.24, 2.45) is 0 Å². The minimum absolute atomic E-state index is 0.0586. The van der Waals surface area contributed by atoms with Crippen LogP contribution in [0.3, 0.4) is 0 Å². The van der Waals surface area contributed by atoms with Gasteiger partial charge in [-0.15, -0.1) is 0 Å². The average Bonchev–Trinajstić information content (AvgIpc) is 3.00. The molecule has 1 aromatic rings. The minimum atomic E-state index is -0.470. The second-order valence-corrected chi connectivity index (χ2v) is 5.99. The molecule has 0 spiro atoms. The third-order valence-electron chi connectivity index (χ3n) is 3.93. The maximum absolute atomic E-state index is 12.2. The van der Waals surface area contributed by atoms with Crippen LogP contribution in [0.15, 0.2) is 6.20 Å². The predicted molar refractivity (Wildman–Crippen MR) is 90.9 cm³/mol. The number of rotatable bonds is 5. The first-order valence-corrected chi connectivity index (χ1v) is 8.13. The van der Waals surface area contributed by atoms with Gasteiger partial charge in [-0.3, -0.25) is 9.69 Å². The molecule has 2 aliphatic heterocycles. The van der Waals surface area contributed by atoms with Crippen molar-refractivity contribution in [2.75, 3.05) is 75.2 Å². The zero-order valence-corrected chi connectivity index (χ0v) is 14.4. The zero-order chi connectivity index (χ0) is 17.8. The van der Waals surface area contributed by atoms with Gasteiger partial charge in [-0.1, -0.05) is 0 Å². The Hall–Kier alpha value is -2.62. The highest BCUT2D eigenvalue weighted by atomic mass is 16.6. The number of hydrogen-bond donors (Lipinski definition) is 1. The second-order valence-electron chi connectivity index (χ2n) is 5.99. The van der Waals surface area contributed by atoms with Crippen LogP contribution in [0.1, 0.15) is 0 Å². The van der Waals surface area contributed by atoms with Gasteiger partial charge >= 0.3 is 6.09 Å². The monoisotopic (exact) mass is 350 g/mol. The van der Waals surface area contributed by atoms with Crippen molar-refractivity contribution in [2.45, 2.75) is 0 Å². The first-order chi connectivity index (χ1) is 12.0. The van der Waals surface area contributed by atoms with Crippen LogP contribution in [0.25, 0.3) is 0 Å². The highest BCUT2D eigenvalue weighted by Gasteiger charge is 2.25. The van der Waals surface area contributed by atoms with Gasteiger partial charge in [0.15, 0.2) is 5.82 Å². The maximum Gasteiger partial charge on any atom is 0.410 e. The zero-order valence-electron chi connectivity index (χ0n) is 14.4. The van der Waals surface area contributed by atoms with Gasteiger partial charge in [0.1, 0.15) is 18.8 Å². The number of nitrogens with one attached hydrogen (secondary N) is 1. The summed E-state index contributed by atoms with van der Waals surface area (Å²) >= 11 is 0. The Balaban J connectivity index is 1.71. The predicted octanol–water partition coefficient (Wildman–Crippen LogP) is -0.230. The molecule has 136 valence electrons. The van der Waals surface area contributed by atoms with Crippen LogP contribution in [0.4, 0.5) is 22.2 Å². The van der Waals surface area contributed by atoms with Gasteiger partial charge in [-0.25, -0.2) is 9.78 Å². The van der Waals surface area contributed by atoms with Crippen LogP contribution in [0.2, 0.25) is 0 Å². The standard InChI is InChI=1S/C15H22N6O4/c1-19(2)13-11(17-12(22)10-21-5-8-25-15(21)23)9-16-14(18-13)20-3-6-24-7-4-20/h9H,3-8,10H2,1-2H3,(H,17,22). The number of anilines is 3. The van der Waals surface area contributed by atoms with Crippen molar-refractivity contribution in [3.63, 3.8) is 0 Å². The van der Waals surface area contributed by atoms with Crippen LogP contribution in [-0.4, -0.2) is 87.0 Å². The number of ether oxygens (including phenoxy) is 2. The molecule has 2 saturated heterocycles. The van der Waals surface area contributed by atoms with E-state index in [-0.39, 0.29) is 12.5 Å². The SMILES string of the molecule is CN(C)c1nc(N2CCOCC2)ncc1NC(=O)CN1CCOC1=O. The molecule has 0 aromatic carbocycles. The molecule has 2 fully saturated rings. The quantitative estimate of drug-likeness (QED) is 0.777.